The molecule has 3 atom stereocenters. The number of nitrogens with zero attached hydrogens (tertiary/aromatic N) is 1. The number of nitrogens with two attached hydrogens (primary N) is 1. The third-order valence-electron chi connectivity index (χ3n) is 4.18. The van der Waals surface area contributed by atoms with Crippen molar-refractivity contribution in [3.63, 3.8) is 0 Å². The Hall–Kier alpha value is -1.69. The Balaban J connectivity index is 2.02. The lowest BCUT2D eigenvalue weighted by Crippen LogP contribution is -2.48. The summed E-state index contributed by atoms with van der Waals surface area (Å²) in [5, 5.41) is 3.30. The number of anilines is 1. The SMILES string of the molecule is C[C@H]1C[C@H](C)CN(C(=O)[C@@H](C)Nc2ccccc2SCC(N)=O)C1. The first-order valence-electron chi connectivity index (χ1n) is 8.42. The van der Waals surface area contributed by atoms with Crippen LogP contribution in [0.2, 0.25) is 0 Å². The molecule has 0 aliphatic carbocycles. The van der Waals surface area contributed by atoms with E-state index in [1.165, 1.54) is 18.2 Å². The molecule has 2 rings (SSSR count). The van der Waals surface area contributed by atoms with Crippen LogP contribution < -0.4 is 11.1 Å². The van der Waals surface area contributed by atoms with Crippen LogP contribution in [0.1, 0.15) is 27.2 Å². The molecule has 1 saturated heterocycles. The maximum absolute atomic E-state index is 12.8. The van der Waals surface area contributed by atoms with Gasteiger partial charge in [0.1, 0.15) is 6.04 Å². The fraction of sp³-hybridized carbons (Fsp3) is 0.556. The summed E-state index contributed by atoms with van der Waals surface area (Å²) in [4.78, 5) is 26.7. The van der Waals surface area contributed by atoms with Gasteiger partial charge in [0.25, 0.3) is 0 Å². The van der Waals surface area contributed by atoms with Crippen molar-refractivity contribution in [3.8, 4) is 0 Å². The first kappa shape index (κ1) is 18.6. The third-order valence-corrected chi connectivity index (χ3v) is 5.28. The van der Waals surface area contributed by atoms with Gasteiger partial charge in [-0.3, -0.25) is 9.59 Å². The fourth-order valence-corrected chi connectivity index (χ4v) is 4.03. The van der Waals surface area contributed by atoms with Gasteiger partial charge in [-0.2, -0.15) is 0 Å². The molecule has 0 unspecified atom stereocenters. The van der Waals surface area contributed by atoms with Crippen molar-refractivity contribution in [1.82, 2.24) is 4.90 Å². The van der Waals surface area contributed by atoms with Crippen LogP contribution >= 0.6 is 11.8 Å². The number of likely N-dealkylation sites (tertiary alicyclic amines) is 1. The minimum Gasteiger partial charge on any atom is -0.373 e. The zero-order valence-corrected chi connectivity index (χ0v) is 15.4. The van der Waals surface area contributed by atoms with E-state index in [4.69, 9.17) is 5.73 Å². The van der Waals surface area contributed by atoms with E-state index in [2.05, 4.69) is 19.2 Å². The topological polar surface area (TPSA) is 75.4 Å². The molecule has 3 N–H and O–H groups in total. The molecule has 0 saturated carbocycles. The van der Waals surface area contributed by atoms with Gasteiger partial charge in [-0.25, -0.2) is 0 Å². The second-order valence-corrected chi connectivity index (χ2v) is 7.82. The number of piperidine rings is 1. The first-order valence-corrected chi connectivity index (χ1v) is 9.40. The Morgan fingerprint density at radius 1 is 1.29 bits per heavy atom. The summed E-state index contributed by atoms with van der Waals surface area (Å²) in [5.41, 5.74) is 6.09. The van der Waals surface area contributed by atoms with Crippen molar-refractivity contribution < 1.29 is 9.59 Å². The minimum absolute atomic E-state index is 0.128. The highest BCUT2D eigenvalue weighted by molar-refractivity contribution is 8.00. The van der Waals surface area contributed by atoms with E-state index >= 15 is 0 Å². The van der Waals surface area contributed by atoms with Crippen LogP contribution in [0, 0.1) is 11.8 Å². The summed E-state index contributed by atoms with van der Waals surface area (Å²) in [5.74, 6) is 1.09. The number of nitrogens with one attached hydrogen (secondary N) is 1. The predicted octanol–water partition coefficient (Wildman–Crippen LogP) is 2.57. The number of hydrogen-bond donors (Lipinski definition) is 2. The van der Waals surface area contributed by atoms with Crippen molar-refractivity contribution in [2.75, 3.05) is 24.2 Å². The summed E-state index contributed by atoms with van der Waals surface area (Å²) >= 11 is 1.38. The number of para-hydroxylation sites is 1. The van der Waals surface area contributed by atoms with Crippen LogP contribution in [0.3, 0.4) is 0 Å². The van der Waals surface area contributed by atoms with E-state index < -0.39 is 0 Å². The molecule has 1 aromatic carbocycles. The zero-order chi connectivity index (χ0) is 17.7. The van der Waals surface area contributed by atoms with Gasteiger partial charge in [-0.05, 0) is 37.3 Å². The molecular weight excluding hydrogens is 322 g/mol. The summed E-state index contributed by atoms with van der Waals surface area (Å²) in [6.45, 7) is 7.94. The monoisotopic (exact) mass is 349 g/mol. The molecule has 1 aliphatic rings. The van der Waals surface area contributed by atoms with E-state index in [0.717, 1.165) is 23.7 Å². The number of rotatable bonds is 6. The number of carbonyl (C=O) groups excluding carboxylic acids is 2. The highest BCUT2D eigenvalue weighted by Crippen LogP contribution is 2.28. The standard InChI is InChI=1S/C18H27N3O2S/c1-12-8-13(2)10-21(9-12)18(23)14(3)20-15-6-4-5-7-16(15)24-11-17(19)22/h4-7,12-14,20H,8-11H2,1-3H3,(H2,19,22)/t12-,13-,14+/m0/s1. The van der Waals surface area contributed by atoms with Crippen molar-refractivity contribution in [1.29, 1.82) is 0 Å². The maximum atomic E-state index is 12.8. The predicted molar refractivity (Wildman–Crippen MR) is 99.0 cm³/mol. The normalized spacial score (nSPS) is 22.0. The number of hydrogen-bond acceptors (Lipinski definition) is 4. The molecule has 1 aromatic rings. The van der Waals surface area contributed by atoms with Gasteiger partial charge in [-0.15, -0.1) is 11.8 Å². The van der Waals surface area contributed by atoms with Gasteiger partial charge in [0.05, 0.1) is 5.75 Å². The van der Waals surface area contributed by atoms with Crippen molar-refractivity contribution in [2.24, 2.45) is 17.6 Å². The number of benzene rings is 1. The molecule has 2 amide bonds. The second kappa shape index (κ2) is 8.42. The largest absolute Gasteiger partial charge is 0.373 e. The molecule has 24 heavy (non-hydrogen) atoms. The van der Waals surface area contributed by atoms with E-state index in [9.17, 15) is 9.59 Å². The summed E-state index contributed by atoms with van der Waals surface area (Å²) < 4.78 is 0. The highest BCUT2D eigenvalue weighted by Gasteiger charge is 2.28. The van der Waals surface area contributed by atoms with E-state index in [1.807, 2.05) is 36.1 Å². The van der Waals surface area contributed by atoms with Crippen LogP contribution in [-0.2, 0) is 9.59 Å². The molecule has 5 nitrogen and oxygen atoms in total. The molecule has 1 heterocycles. The van der Waals surface area contributed by atoms with Crippen molar-refractivity contribution in [2.45, 2.75) is 38.1 Å². The van der Waals surface area contributed by atoms with Crippen LogP contribution in [0.4, 0.5) is 5.69 Å². The Kier molecular flexibility index (Phi) is 6.54. The zero-order valence-electron chi connectivity index (χ0n) is 14.6. The van der Waals surface area contributed by atoms with E-state index in [-0.39, 0.29) is 23.6 Å². The van der Waals surface area contributed by atoms with Crippen molar-refractivity contribution >= 4 is 29.3 Å². The number of primary amides is 1. The van der Waals surface area contributed by atoms with Crippen molar-refractivity contribution in [3.05, 3.63) is 24.3 Å². The van der Waals surface area contributed by atoms with Crippen LogP contribution in [0.15, 0.2) is 29.2 Å². The average molecular weight is 350 g/mol. The maximum Gasteiger partial charge on any atom is 0.244 e. The van der Waals surface area contributed by atoms with Gasteiger partial charge in [0, 0.05) is 23.7 Å². The minimum atomic E-state index is -0.352. The molecule has 0 spiro atoms. The lowest BCUT2D eigenvalue weighted by Gasteiger charge is -2.36. The molecule has 0 aromatic heterocycles. The van der Waals surface area contributed by atoms with Gasteiger partial charge >= 0.3 is 0 Å². The van der Waals surface area contributed by atoms with Gasteiger partial charge in [0.2, 0.25) is 11.8 Å². The Bertz CT molecular complexity index is 583. The second-order valence-electron chi connectivity index (χ2n) is 6.81. The smallest absolute Gasteiger partial charge is 0.244 e. The summed E-state index contributed by atoms with van der Waals surface area (Å²) in [7, 11) is 0. The van der Waals surface area contributed by atoms with Crippen LogP contribution in [0.25, 0.3) is 0 Å². The first-order chi connectivity index (χ1) is 11.4. The molecular formula is C18H27N3O2S. The number of thioether (sulfide) groups is 1. The molecule has 1 fully saturated rings. The molecule has 0 bridgehead atoms. The number of carbonyl (C=O) groups is 2. The van der Waals surface area contributed by atoms with Crippen LogP contribution in [-0.4, -0.2) is 41.6 Å². The van der Waals surface area contributed by atoms with Gasteiger partial charge in [-0.1, -0.05) is 26.0 Å². The lowest BCUT2D eigenvalue weighted by atomic mass is 9.91. The van der Waals surface area contributed by atoms with E-state index in [1.54, 1.807) is 0 Å². The lowest BCUT2D eigenvalue weighted by molar-refractivity contribution is -0.134. The fourth-order valence-electron chi connectivity index (χ4n) is 3.27. The quantitative estimate of drug-likeness (QED) is 0.774. The van der Waals surface area contributed by atoms with Gasteiger partial charge < -0.3 is 16.0 Å². The van der Waals surface area contributed by atoms with Gasteiger partial charge in [0.15, 0.2) is 0 Å². The molecule has 132 valence electrons. The average Bonchev–Trinajstić information content (AvgIpc) is 2.52. The number of amides is 2. The third kappa shape index (κ3) is 5.16. The summed E-state index contributed by atoms with van der Waals surface area (Å²) in [6, 6.07) is 7.37. The Morgan fingerprint density at radius 2 is 1.92 bits per heavy atom. The Morgan fingerprint density at radius 3 is 2.54 bits per heavy atom. The molecule has 0 radical (unpaired) electrons. The molecule has 1 aliphatic heterocycles. The van der Waals surface area contributed by atoms with Crippen LogP contribution in [0.5, 0.6) is 0 Å². The highest BCUT2D eigenvalue weighted by atomic mass is 32.2. The summed E-state index contributed by atoms with van der Waals surface area (Å²) in [6.07, 6.45) is 1.18. The van der Waals surface area contributed by atoms with E-state index in [0.29, 0.717) is 11.8 Å². The molecule has 6 heteroatoms. The Labute approximate surface area is 148 Å².